The Kier molecular flexibility index (Phi) is 5.36. The third kappa shape index (κ3) is 4.41. The van der Waals surface area contributed by atoms with Gasteiger partial charge in [-0.2, -0.15) is 10.1 Å². The number of carboxylic acid groups (broad SMARTS) is 1. The standard InChI is InChI=1S/C22H14FN7O4/c23-14-5-7-15(8-6-14)25-18-19(27-21-20(26-18)29-34-30-21)28-24-11-16-9-10-17(33-16)12-1-3-13(4-2-12)22(31)32/h1-11H,(H,31,32)(H,25,26,29)(H,27,28,30). The van der Waals surface area contributed by atoms with Gasteiger partial charge in [0.25, 0.3) is 0 Å². The second-order valence-corrected chi connectivity index (χ2v) is 6.92. The van der Waals surface area contributed by atoms with Crippen molar-refractivity contribution in [2.45, 2.75) is 0 Å². The Bertz CT molecular complexity index is 1490. The number of benzene rings is 2. The molecule has 0 amide bonds. The molecule has 34 heavy (non-hydrogen) atoms. The van der Waals surface area contributed by atoms with Crippen LogP contribution in [0.15, 0.2) is 74.8 Å². The van der Waals surface area contributed by atoms with E-state index in [1.165, 1.54) is 30.5 Å². The molecular formula is C22H14FN7O4. The van der Waals surface area contributed by atoms with Crippen molar-refractivity contribution in [1.82, 2.24) is 20.3 Å². The van der Waals surface area contributed by atoms with Crippen molar-refractivity contribution < 1.29 is 23.3 Å². The molecular weight excluding hydrogens is 445 g/mol. The Labute approximate surface area is 189 Å². The molecule has 0 bridgehead atoms. The van der Waals surface area contributed by atoms with Crippen molar-refractivity contribution in [1.29, 1.82) is 0 Å². The van der Waals surface area contributed by atoms with E-state index in [1.54, 1.807) is 36.4 Å². The zero-order valence-electron chi connectivity index (χ0n) is 17.1. The Morgan fingerprint density at radius 2 is 1.65 bits per heavy atom. The number of carbonyl (C=O) groups is 1. The molecule has 0 saturated carbocycles. The number of halogens is 1. The molecule has 5 aromatic rings. The van der Waals surface area contributed by atoms with Gasteiger partial charge < -0.3 is 14.8 Å². The number of rotatable bonds is 7. The monoisotopic (exact) mass is 459 g/mol. The summed E-state index contributed by atoms with van der Waals surface area (Å²) >= 11 is 0. The maximum Gasteiger partial charge on any atom is 0.335 e. The summed E-state index contributed by atoms with van der Waals surface area (Å²) in [5.74, 6) is 0.111. The van der Waals surface area contributed by atoms with Crippen LogP contribution < -0.4 is 10.7 Å². The predicted molar refractivity (Wildman–Crippen MR) is 119 cm³/mol. The molecule has 0 saturated heterocycles. The molecule has 0 fully saturated rings. The maximum atomic E-state index is 13.2. The van der Waals surface area contributed by atoms with Gasteiger partial charge in [-0.25, -0.2) is 18.8 Å². The van der Waals surface area contributed by atoms with Gasteiger partial charge >= 0.3 is 5.97 Å². The van der Waals surface area contributed by atoms with Crippen molar-refractivity contribution in [3.05, 3.63) is 77.8 Å². The molecule has 0 atom stereocenters. The van der Waals surface area contributed by atoms with Crippen molar-refractivity contribution >= 4 is 40.8 Å². The minimum Gasteiger partial charge on any atom is -0.478 e. The fraction of sp³-hybridized carbons (Fsp3) is 0. The highest BCUT2D eigenvalue weighted by Crippen LogP contribution is 2.25. The van der Waals surface area contributed by atoms with Crippen LogP contribution in [0, 0.1) is 5.82 Å². The van der Waals surface area contributed by atoms with Gasteiger partial charge in [0.15, 0.2) is 11.6 Å². The number of aromatic carboxylic acids is 1. The summed E-state index contributed by atoms with van der Waals surface area (Å²) in [4.78, 5) is 19.6. The predicted octanol–water partition coefficient (Wildman–Crippen LogP) is 4.30. The lowest BCUT2D eigenvalue weighted by Crippen LogP contribution is -2.03. The smallest absolute Gasteiger partial charge is 0.335 e. The number of fused-ring (bicyclic) bond motifs is 1. The third-order valence-electron chi connectivity index (χ3n) is 4.63. The lowest BCUT2D eigenvalue weighted by atomic mass is 10.1. The molecule has 0 aliphatic carbocycles. The fourth-order valence-corrected chi connectivity index (χ4v) is 2.98. The van der Waals surface area contributed by atoms with E-state index in [1.807, 2.05) is 0 Å². The van der Waals surface area contributed by atoms with Crippen molar-refractivity contribution in [2.24, 2.45) is 5.10 Å². The molecule has 2 aromatic carbocycles. The van der Waals surface area contributed by atoms with Crippen LogP contribution >= 0.6 is 0 Å². The number of anilines is 3. The van der Waals surface area contributed by atoms with E-state index in [-0.39, 0.29) is 34.3 Å². The molecule has 0 unspecified atom stereocenters. The van der Waals surface area contributed by atoms with Crippen LogP contribution in [0.3, 0.4) is 0 Å². The number of nitrogens with zero attached hydrogens (tertiary/aromatic N) is 5. The van der Waals surface area contributed by atoms with E-state index in [2.05, 4.69) is 40.8 Å². The summed E-state index contributed by atoms with van der Waals surface area (Å²) in [6.07, 6.45) is 1.43. The summed E-state index contributed by atoms with van der Waals surface area (Å²) in [5.41, 5.74) is 4.61. The van der Waals surface area contributed by atoms with Gasteiger partial charge in [-0.1, -0.05) is 12.1 Å². The molecule has 5 rings (SSSR count). The van der Waals surface area contributed by atoms with E-state index in [4.69, 9.17) is 9.52 Å². The molecule has 3 aromatic heterocycles. The Morgan fingerprint density at radius 1 is 0.941 bits per heavy atom. The minimum absolute atomic E-state index is 0.174. The van der Waals surface area contributed by atoms with E-state index in [0.717, 1.165) is 5.56 Å². The SMILES string of the molecule is O=C(O)c1ccc(-c2ccc(C=NNc3nc4nonc4nc3Nc3ccc(F)cc3)o2)cc1. The number of hydrazone groups is 1. The number of furan rings is 1. The average molecular weight is 459 g/mol. The zero-order valence-corrected chi connectivity index (χ0v) is 17.1. The number of carboxylic acids is 1. The van der Waals surface area contributed by atoms with Gasteiger partial charge in [0, 0.05) is 11.3 Å². The number of hydrogen-bond acceptors (Lipinski definition) is 10. The van der Waals surface area contributed by atoms with Crippen LogP contribution in [0.2, 0.25) is 0 Å². The Balaban J connectivity index is 1.35. The van der Waals surface area contributed by atoms with Gasteiger partial charge in [0.1, 0.15) is 17.3 Å². The van der Waals surface area contributed by atoms with Crippen LogP contribution in [0.5, 0.6) is 0 Å². The van der Waals surface area contributed by atoms with Gasteiger partial charge in [-0.3, -0.25) is 5.43 Å². The van der Waals surface area contributed by atoms with Crippen molar-refractivity contribution in [3.63, 3.8) is 0 Å². The second kappa shape index (κ2) is 8.78. The first kappa shape index (κ1) is 20.8. The molecule has 3 N–H and O–H groups in total. The topological polar surface area (TPSA) is 152 Å². The normalized spacial score (nSPS) is 11.2. The summed E-state index contributed by atoms with van der Waals surface area (Å²) in [7, 11) is 0. The van der Waals surface area contributed by atoms with Gasteiger partial charge in [0.05, 0.1) is 11.8 Å². The first-order valence-corrected chi connectivity index (χ1v) is 9.81. The molecule has 3 heterocycles. The van der Waals surface area contributed by atoms with Crippen LogP contribution in [0.4, 0.5) is 21.7 Å². The van der Waals surface area contributed by atoms with Gasteiger partial charge in [-0.05, 0) is 58.8 Å². The fourth-order valence-electron chi connectivity index (χ4n) is 2.98. The van der Waals surface area contributed by atoms with Crippen LogP contribution in [-0.2, 0) is 0 Å². The highest BCUT2D eigenvalue weighted by Gasteiger charge is 2.13. The van der Waals surface area contributed by atoms with Gasteiger partial charge in [-0.15, -0.1) is 0 Å². The lowest BCUT2D eigenvalue weighted by molar-refractivity contribution is 0.0697. The minimum atomic E-state index is -0.999. The number of nitrogens with one attached hydrogen (secondary N) is 2. The highest BCUT2D eigenvalue weighted by molar-refractivity contribution is 5.88. The van der Waals surface area contributed by atoms with Gasteiger partial charge in [0.2, 0.25) is 11.3 Å². The number of hydrogen-bond donors (Lipinski definition) is 3. The Morgan fingerprint density at radius 3 is 2.35 bits per heavy atom. The van der Waals surface area contributed by atoms with E-state index >= 15 is 0 Å². The van der Waals surface area contributed by atoms with E-state index < -0.39 is 5.97 Å². The summed E-state index contributed by atoms with van der Waals surface area (Å²) in [5, 5.41) is 23.5. The average Bonchev–Trinajstić information content (AvgIpc) is 3.50. The largest absolute Gasteiger partial charge is 0.478 e. The molecule has 0 spiro atoms. The molecule has 168 valence electrons. The van der Waals surface area contributed by atoms with E-state index in [9.17, 15) is 9.18 Å². The van der Waals surface area contributed by atoms with Crippen LogP contribution in [0.25, 0.3) is 22.6 Å². The highest BCUT2D eigenvalue weighted by atomic mass is 19.1. The zero-order chi connectivity index (χ0) is 23.5. The summed E-state index contributed by atoms with van der Waals surface area (Å²) in [6.45, 7) is 0. The summed E-state index contributed by atoms with van der Waals surface area (Å²) in [6, 6.07) is 15.5. The van der Waals surface area contributed by atoms with Crippen LogP contribution in [-0.4, -0.2) is 37.6 Å². The second-order valence-electron chi connectivity index (χ2n) is 6.92. The molecule has 0 aliphatic rings. The first-order chi connectivity index (χ1) is 16.5. The van der Waals surface area contributed by atoms with Crippen molar-refractivity contribution in [3.8, 4) is 11.3 Å². The summed E-state index contributed by atoms with van der Waals surface area (Å²) < 4.78 is 23.6. The maximum absolute atomic E-state index is 13.2. The van der Waals surface area contributed by atoms with Crippen molar-refractivity contribution in [2.75, 3.05) is 10.7 Å². The molecule has 12 heteroatoms. The Hall–Kier alpha value is -5.13. The van der Waals surface area contributed by atoms with Crippen LogP contribution in [0.1, 0.15) is 16.1 Å². The third-order valence-corrected chi connectivity index (χ3v) is 4.63. The first-order valence-electron chi connectivity index (χ1n) is 9.81. The molecule has 0 radical (unpaired) electrons. The molecule has 11 nitrogen and oxygen atoms in total. The molecule has 0 aliphatic heterocycles. The quantitative estimate of drug-likeness (QED) is 0.237. The number of aromatic nitrogens is 4. The lowest BCUT2D eigenvalue weighted by Gasteiger charge is -2.09. The van der Waals surface area contributed by atoms with E-state index in [0.29, 0.717) is 17.2 Å².